The highest BCUT2D eigenvalue weighted by Crippen LogP contribution is 2.22. The molecule has 7 heteroatoms. The third kappa shape index (κ3) is 5.26. The zero-order chi connectivity index (χ0) is 20.8. The van der Waals surface area contributed by atoms with Crippen molar-refractivity contribution in [2.24, 2.45) is 5.10 Å². The Kier molecular flexibility index (Phi) is 5.99. The number of rotatable bonds is 6. The van der Waals surface area contributed by atoms with E-state index in [9.17, 15) is 14.4 Å². The smallest absolute Gasteiger partial charge is 0.271 e. The van der Waals surface area contributed by atoms with Gasteiger partial charge in [-0.3, -0.25) is 14.4 Å². The molecule has 0 radical (unpaired) electrons. The van der Waals surface area contributed by atoms with E-state index in [1.165, 1.54) is 20.1 Å². The van der Waals surface area contributed by atoms with Crippen molar-refractivity contribution in [2.75, 3.05) is 5.32 Å². The Labute approximate surface area is 167 Å². The van der Waals surface area contributed by atoms with Crippen LogP contribution >= 0.6 is 0 Å². The summed E-state index contributed by atoms with van der Waals surface area (Å²) in [6, 6.07) is 17.1. The minimum Gasteiger partial charge on any atom is -0.455 e. The summed E-state index contributed by atoms with van der Waals surface area (Å²) in [6.45, 7) is 2.93. The van der Waals surface area contributed by atoms with Gasteiger partial charge in [-0.05, 0) is 43.3 Å². The lowest BCUT2D eigenvalue weighted by molar-refractivity contribution is -0.114. The monoisotopic (exact) mass is 389 g/mol. The third-order valence-corrected chi connectivity index (χ3v) is 4.03. The first kappa shape index (κ1) is 19.8. The Hall–Kier alpha value is -4.00. The Balaban J connectivity index is 1.60. The second kappa shape index (κ2) is 8.79. The summed E-state index contributed by atoms with van der Waals surface area (Å²) in [4.78, 5) is 34.5. The topological polar surface area (TPSA) is 101 Å². The van der Waals surface area contributed by atoms with Crippen LogP contribution in [0, 0.1) is 0 Å². The molecule has 3 aromatic rings. The largest absolute Gasteiger partial charge is 0.455 e. The van der Waals surface area contributed by atoms with Crippen LogP contribution in [-0.4, -0.2) is 23.8 Å². The first-order valence-corrected chi connectivity index (χ1v) is 8.84. The van der Waals surface area contributed by atoms with Gasteiger partial charge in [0.25, 0.3) is 5.91 Å². The summed E-state index contributed by atoms with van der Waals surface area (Å²) >= 11 is 0. The van der Waals surface area contributed by atoms with Gasteiger partial charge in [0.1, 0.15) is 11.5 Å². The molecule has 0 aliphatic heterocycles. The van der Waals surface area contributed by atoms with Crippen LogP contribution in [0.1, 0.15) is 40.3 Å². The molecule has 1 aromatic heterocycles. The zero-order valence-electron chi connectivity index (χ0n) is 15.9. The molecule has 2 aromatic carbocycles. The van der Waals surface area contributed by atoms with E-state index in [2.05, 4.69) is 15.8 Å². The van der Waals surface area contributed by atoms with E-state index in [1.807, 2.05) is 12.1 Å². The molecule has 0 atom stereocenters. The van der Waals surface area contributed by atoms with Gasteiger partial charge in [0, 0.05) is 29.3 Å². The van der Waals surface area contributed by atoms with E-state index in [4.69, 9.17) is 4.42 Å². The van der Waals surface area contributed by atoms with Crippen molar-refractivity contribution in [3.63, 3.8) is 0 Å². The minimum absolute atomic E-state index is 0.00399. The van der Waals surface area contributed by atoms with Gasteiger partial charge >= 0.3 is 0 Å². The number of benzene rings is 2. The second-order valence-corrected chi connectivity index (χ2v) is 6.29. The van der Waals surface area contributed by atoms with Crippen LogP contribution in [0.25, 0.3) is 11.3 Å². The molecule has 0 fully saturated rings. The lowest BCUT2D eigenvalue weighted by Crippen LogP contribution is -2.17. The number of hydrazone groups is 1. The zero-order valence-corrected chi connectivity index (χ0v) is 15.9. The fourth-order valence-electron chi connectivity index (χ4n) is 2.57. The van der Waals surface area contributed by atoms with Crippen LogP contribution in [-0.2, 0) is 4.79 Å². The summed E-state index contributed by atoms with van der Waals surface area (Å²) in [6.07, 6.45) is 1.40. The van der Waals surface area contributed by atoms with Gasteiger partial charge in [-0.15, -0.1) is 0 Å². The summed E-state index contributed by atoms with van der Waals surface area (Å²) in [5.74, 6) is 0.532. The Morgan fingerprint density at radius 2 is 1.52 bits per heavy atom. The molecule has 0 saturated carbocycles. The van der Waals surface area contributed by atoms with E-state index in [0.717, 1.165) is 5.56 Å². The highest BCUT2D eigenvalue weighted by Gasteiger charge is 2.07. The van der Waals surface area contributed by atoms with Crippen LogP contribution in [0.5, 0.6) is 0 Å². The Bertz CT molecular complexity index is 1060. The Morgan fingerprint density at radius 3 is 2.14 bits per heavy atom. The number of hydrogen-bond acceptors (Lipinski definition) is 5. The van der Waals surface area contributed by atoms with Crippen LogP contribution < -0.4 is 10.7 Å². The molecule has 0 unspecified atom stereocenters. The maximum absolute atomic E-state index is 12.1. The molecule has 3 rings (SSSR count). The van der Waals surface area contributed by atoms with E-state index in [1.54, 1.807) is 48.5 Å². The lowest BCUT2D eigenvalue weighted by atomic mass is 10.1. The minimum atomic E-state index is -0.387. The predicted molar refractivity (Wildman–Crippen MR) is 110 cm³/mol. The van der Waals surface area contributed by atoms with Gasteiger partial charge in [-0.2, -0.15) is 5.10 Å². The molecule has 29 heavy (non-hydrogen) atoms. The first-order valence-electron chi connectivity index (χ1n) is 8.84. The molecule has 2 N–H and O–H groups in total. The van der Waals surface area contributed by atoms with Gasteiger partial charge in [-0.1, -0.05) is 24.3 Å². The molecule has 0 bridgehead atoms. The molecule has 2 amide bonds. The van der Waals surface area contributed by atoms with Crippen molar-refractivity contribution in [3.05, 3.63) is 77.6 Å². The van der Waals surface area contributed by atoms with Crippen LogP contribution in [0.3, 0.4) is 0 Å². The number of ketones is 1. The van der Waals surface area contributed by atoms with Crippen molar-refractivity contribution in [2.45, 2.75) is 13.8 Å². The van der Waals surface area contributed by atoms with Crippen molar-refractivity contribution in [1.82, 2.24) is 5.43 Å². The van der Waals surface area contributed by atoms with Gasteiger partial charge in [0.15, 0.2) is 5.78 Å². The average molecular weight is 389 g/mol. The predicted octanol–water partition coefficient (Wildman–Crippen LogP) is 3.87. The number of carbonyl (C=O) groups is 3. The van der Waals surface area contributed by atoms with E-state index in [-0.39, 0.29) is 17.6 Å². The van der Waals surface area contributed by atoms with Gasteiger partial charge in [0.2, 0.25) is 5.91 Å². The number of anilines is 1. The van der Waals surface area contributed by atoms with Gasteiger partial charge < -0.3 is 9.73 Å². The molecule has 146 valence electrons. The Morgan fingerprint density at radius 1 is 0.862 bits per heavy atom. The summed E-state index contributed by atoms with van der Waals surface area (Å²) in [7, 11) is 0. The molecule has 0 aliphatic rings. The summed E-state index contributed by atoms with van der Waals surface area (Å²) in [5.41, 5.74) is 4.90. The van der Waals surface area contributed by atoms with Crippen molar-refractivity contribution >= 4 is 29.5 Å². The highest BCUT2D eigenvalue weighted by atomic mass is 16.3. The standard InChI is InChI=1S/C22H19N3O4/c1-14(26)16-3-5-17(6-4-16)21-12-11-20(29-21)13-23-25-22(28)18-7-9-19(10-8-18)24-15(2)27/h3-13H,1-2H3,(H,24,27)(H,25,28)/b23-13-. The van der Waals surface area contributed by atoms with Crippen LogP contribution in [0.2, 0.25) is 0 Å². The fourth-order valence-corrected chi connectivity index (χ4v) is 2.57. The molecule has 0 aliphatic carbocycles. The number of Topliss-reactive ketones (excluding diaryl/α,β-unsaturated/α-hetero) is 1. The first-order chi connectivity index (χ1) is 13.9. The van der Waals surface area contributed by atoms with E-state index >= 15 is 0 Å². The quantitative estimate of drug-likeness (QED) is 0.380. The third-order valence-electron chi connectivity index (χ3n) is 4.03. The van der Waals surface area contributed by atoms with Crippen LogP contribution in [0.15, 0.2) is 70.2 Å². The number of nitrogens with zero attached hydrogens (tertiary/aromatic N) is 1. The molecular weight excluding hydrogens is 370 g/mol. The molecule has 7 nitrogen and oxygen atoms in total. The second-order valence-electron chi connectivity index (χ2n) is 6.29. The van der Waals surface area contributed by atoms with Crippen molar-refractivity contribution < 1.29 is 18.8 Å². The highest BCUT2D eigenvalue weighted by molar-refractivity contribution is 5.96. The molecule has 0 saturated heterocycles. The molecule has 0 spiro atoms. The fraction of sp³-hybridized carbons (Fsp3) is 0.0909. The molecule has 1 heterocycles. The number of carbonyl (C=O) groups excluding carboxylic acids is 3. The lowest BCUT2D eigenvalue weighted by Gasteiger charge is -2.03. The average Bonchev–Trinajstić information content (AvgIpc) is 3.17. The number of amides is 2. The number of furan rings is 1. The van der Waals surface area contributed by atoms with E-state index < -0.39 is 0 Å². The summed E-state index contributed by atoms with van der Waals surface area (Å²) < 4.78 is 5.68. The number of hydrogen-bond donors (Lipinski definition) is 2. The van der Waals surface area contributed by atoms with Crippen molar-refractivity contribution in [3.8, 4) is 11.3 Å². The van der Waals surface area contributed by atoms with Crippen LogP contribution in [0.4, 0.5) is 5.69 Å². The maximum Gasteiger partial charge on any atom is 0.271 e. The maximum atomic E-state index is 12.1. The van der Waals surface area contributed by atoms with Crippen molar-refractivity contribution in [1.29, 1.82) is 0 Å². The van der Waals surface area contributed by atoms with Gasteiger partial charge in [0.05, 0.1) is 6.21 Å². The van der Waals surface area contributed by atoms with E-state index in [0.29, 0.717) is 28.3 Å². The van der Waals surface area contributed by atoms with Gasteiger partial charge in [-0.25, -0.2) is 5.43 Å². The molecular formula is C22H19N3O4. The summed E-state index contributed by atoms with van der Waals surface area (Å²) in [5, 5.41) is 6.53. The SMILES string of the molecule is CC(=O)Nc1ccc(C(=O)N/N=C\c2ccc(-c3ccc(C(C)=O)cc3)o2)cc1. The normalized spacial score (nSPS) is 10.7. The number of nitrogens with one attached hydrogen (secondary N) is 2.